The van der Waals surface area contributed by atoms with Crippen LogP contribution in [0.5, 0.6) is 0 Å². The van der Waals surface area contributed by atoms with Crippen LogP contribution in [0, 0.1) is 6.92 Å². The molecule has 0 aliphatic rings. The number of nitrogens with zero attached hydrogens (tertiary/aromatic N) is 3. The van der Waals surface area contributed by atoms with Crippen LogP contribution in [0.1, 0.15) is 12.6 Å². The van der Waals surface area contributed by atoms with Gasteiger partial charge in [-0.25, -0.2) is 9.67 Å². The molecule has 0 saturated carbocycles. The van der Waals surface area contributed by atoms with Crippen molar-refractivity contribution < 1.29 is 4.79 Å². The molecule has 1 amide bonds. The number of pyridine rings is 1. The van der Waals surface area contributed by atoms with Crippen molar-refractivity contribution in [3.63, 3.8) is 0 Å². The first-order valence-electron chi connectivity index (χ1n) is 8.21. The lowest BCUT2D eigenvalue weighted by Crippen LogP contribution is -2.27. The van der Waals surface area contributed by atoms with Gasteiger partial charge >= 0.3 is 0 Å². The molecule has 0 saturated heterocycles. The van der Waals surface area contributed by atoms with Crippen molar-refractivity contribution in [3.05, 3.63) is 70.8 Å². The Morgan fingerprint density at radius 1 is 1.15 bits per heavy atom. The number of amides is 1. The van der Waals surface area contributed by atoms with Gasteiger partial charge in [-0.1, -0.05) is 36.0 Å². The first-order chi connectivity index (χ1) is 12.5. The van der Waals surface area contributed by atoms with Crippen molar-refractivity contribution in [2.45, 2.75) is 24.1 Å². The summed E-state index contributed by atoms with van der Waals surface area (Å²) in [6.07, 6.45) is 1.69. The van der Waals surface area contributed by atoms with Gasteiger partial charge < -0.3 is 5.32 Å². The lowest BCUT2D eigenvalue weighted by Gasteiger charge is -2.10. The SMILES string of the molecule is Cc1c(NC(=O)C(C)Sc2ccccn2)c(=O)n(-c2ccccc2)n1C. The third kappa shape index (κ3) is 3.57. The Morgan fingerprint density at radius 2 is 1.85 bits per heavy atom. The van der Waals surface area contributed by atoms with Gasteiger partial charge in [-0.3, -0.25) is 14.3 Å². The third-order valence-electron chi connectivity index (χ3n) is 4.11. The predicted molar refractivity (Wildman–Crippen MR) is 104 cm³/mol. The largest absolute Gasteiger partial charge is 0.319 e. The zero-order valence-corrected chi connectivity index (χ0v) is 15.7. The minimum absolute atomic E-state index is 0.230. The van der Waals surface area contributed by atoms with E-state index < -0.39 is 0 Å². The molecule has 0 radical (unpaired) electrons. The van der Waals surface area contributed by atoms with Crippen LogP contribution >= 0.6 is 11.8 Å². The van der Waals surface area contributed by atoms with Gasteiger partial charge in [0, 0.05) is 13.2 Å². The van der Waals surface area contributed by atoms with E-state index in [1.807, 2.05) is 55.5 Å². The van der Waals surface area contributed by atoms with Crippen LogP contribution < -0.4 is 10.9 Å². The molecule has 6 nitrogen and oxygen atoms in total. The number of aromatic nitrogens is 3. The number of para-hydroxylation sites is 1. The Bertz CT molecular complexity index is 964. The topological polar surface area (TPSA) is 68.9 Å². The number of thioether (sulfide) groups is 1. The lowest BCUT2D eigenvalue weighted by molar-refractivity contribution is -0.115. The van der Waals surface area contributed by atoms with Crippen molar-refractivity contribution in [1.29, 1.82) is 0 Å². The van der Waals surface area contributed by atoms with E-state index >= 15 is 0 Å². The van der Waals surface area contributed by atoms with Crippen molar-refractivity contribution in [2.24, 2.45) is 7.05 Å². The van der Waals surface area contributed by atoms with E-state index in [2.05, 4.69) is 10.3 Å². The highest BCUT2D eigenvalue weighted by Gasteiger charge is 2.21. The number of carbonyl (C=O) groups is 1. The maximum Gasteiger partial charge on any atom is 0.295 e. The Balaban J connectivity index is 1.84. The summed E-state index contributed by atoms with van der Waals surface area (Å²) in [6, 6.07) is 14.9. The molecule has 3 rings (SSSR count). The number of rotatable bonds is 5. The third-order valence-corrected chi connectivity index (χ3v) is 5.16. The maximum absolute atomic E-state index is 12.8. The highest BCUT2D eigenvalue weighted by atomic mass is 32.2. The van der Waals surface area contributed by atoms with E-state index in [9.17, 15) is 9.59 Å². The Morgan fingerprint density at radius 3 is 2.50 bits per heavy atom. The van der Waals surface area contributed by atoms with Gasteiger partial charge in [-0.05, 0) is 38.1 Å². The molecule has 0 bridgehead atoms. The summed E-state index contributed by atoms with van der Waals surface area (Å²) in [7, 11) is 1.80. The number of benzene rings is 1. The highest BCUT2D eigenvalue weighted by Crippen LogP contribution is 2.22. The van der Waals surface area contributed by atoms with Crippen LogP contribution in [0.4, 0.5) is 5.69 Å². The minimum Gasteiger partial charge on any atom is -0.319 e. The van der Waals surface area contributed by atoms with Gasteiger partial charge in [-0.15, -0.1) is 0 Å². The first-order valence-corrected chi connectivity index (χ1v) is 9.09. The molecule has 2 aromatic heterocycles. The fraction of sp³-hybridized carbons (Fsp3) is 0.211. The van der Waals surface area contributed by atoms with Crippen LogP contribution in [0.2, 0.25) is 0 Å². The Kier molecular flexibility index (Phi) is 5.27. The fourth-order valence-electron chi connectivity index (χ4n) is 2.59. The molecular formula is C19H20N4O2S. The smallest absolute Gasteiger partial charge is 0.295 e. The van der Waals surface area contributed by atoms with Crippen LogP contribution in [0.15, 0.2) is 64.5 Å². The summed E-state index contributed by atoms with van der Waals surface area (Å²) in [4.78, 5) is 29.6. The lowest BCUT2D eigenvalue weighted by atomic mass is 10.3. The van der Waals surface area contributed by atoms with Crippen molar-refractivity contribution in [3.8, 4) is 5.69 Å². The summed E-state index contributed by atoms with van der Waals surface area (Å²) < 4.78 is 3.28. The zero-order valence-electron chi connectivity index (χ0n) is 14.8. The van der Waals surface area contributed by atoms with Crippen LogP contribution in [-0.2, 0) is 11.8 Å². The van der Waals surface area contributed by atoms with E-state index in [0.717, 1.165) is 10.7 Å². The van der Waals surface area contributed by atoms with Gasteiger partial charge in [0.1, 0.15) is 5.69 Å². The van der Waals surface area contributed by atoms with Crippen LogP contribution in [0.25, 0.3) is 5.69 Å². The minimum atomic E-state index is -0.380. The second-order valence-corrected chi connectivity index (χ2v) is 7.21. The van der Waals surface area contributed by atoms with Crippen molar-refractivity contribution in [1.82, 2.24) is 14.3 Å². The van der Waals surface area contributed by atoms with Gasteiger partial charge in [0.2, 0.25) is 5.91 Å². The average molecular weight is 368 g/mol. The molecule has 0 spiro atoms. The molecule has 2 heterocycles. The van der Waals surface area contributed by atoms with Crippen molar-refractivity contribution >= 4 is 23.4 Å². The summed E-state index contributed by atoms with van der Waals surface area (Å²) in [5.41, 5.74) is 1.50. The molecule has 3 aromatic rings. The van der Waals surface area contributed by atoms with Gasteiger partial charge in [-0.2, -0.15) is 0 Å². The summed E-state index contributed by atoms with van der Waals surface area (Å²) in [5.74, 6) is -0.230. The molecule has 0 fully saturated rings. The quantitative estimate of drug-likeness (QED) is 0.703. The number of carbonyl (C=O) groups excluding carboxylic acids is 1. The van der Waals surface area contributed by atoms with Crippen molar-refractivity contribution in [2.75, 3.05) is 5.32 Å². The van der Waals surface area contributed by atoms with E-state index in [1.165, 1.54) is 11.8 Å². The Hall–Kier alpha value is -2.80. The summed E-state index contributed by atoms with van der Waals surface area (Å²) in [5, 5.41) is 3.17. The molecule has 0 aliphatic heterocycles. The van der Waals surface area contributed by atoms with Gasteiger partial charge in [0.15, 0.2) is 0 Å². The molecule has 7 heteroatoms. The monoisotopic (exact) mass is 368 g/mol. The van der Waals surface area contributed by atoms with E-state index in [1.54, 1.807) is 29.5 Å². The normalized spacial score (nSPS) is 12.0. The Labute approximate surface area is 155 Å². The van der Waals surface area contributed by atoms with E-state index in [0.29, 0.717) is 11.4 Å². The number of anilines is 1. The highest BCUT2D eigenvalue weighted by molar-refractivity contribution is 8.00. The number of hydrogen-bond acceptors (Lipinski definition) is 4. The van der Waals surface area contributed by atoms with Gasteiger partial charge in [0.25, 0.3) is 5.56 Å². The standard InChI is InChI=1S/C19H20N4O2S/c1-13-17(19(25)23(22(13)3)15-9-5-4-6-10-15)21-18(24)14(2)26-16-11-7-8-12-20-16/h4-12,14H,1-3H3,(H,21,24). The molecule has 0 aliphatic carbocycles. The van der Waals surface area contributed by atoms with E-state index in [4.69, 9.17) is 0 Å². The zero-order chi connectivity index (χ0) is 18.7. The molecule has 1 aromatic carbocycles. The molecule has 1 N–H and O–H groups in total. The molecular weight excluding hydrogens is 348 g/mol. The van der Waals surface area contributed by atoms with E-state index in [-0.39, 0.29) is 16.7 Å². The second kappa shape index (κ2) is 7.61. The second-order valence-electron chi connectivity index (χ2n) is 5.85. The molecule has 1 atom stereocenters. The fourth-order valence-corrected chi connectivity index (χ4v) is 3.40. The maximum atomic E-state index is 12.8. The molecule has 26 heavy (non-hydrogen) atoms. The number of hydrogen-bond donors (Lipinski definition) is 1. The average Bonchev–Trinajstić information content (AvgIpc) is 2.86. The summed E-state index contributed by atoms with van der Waals surface area (Å²) in [6.45, 7) is 3.61. The van der Waals surface area contributed by atoms with Crippen LogP contribution in [-0.4, -0.2) is 25.5 Å². The predicted octanol–water partition coefficient (Wildman–Crippen LogP) is 3.00. The van der Waals surface area contributed by atoms with Crippen LogP contribution in [0.3, 0.4) is 0 Å². The van der Waals surface area contributed by atoms with Gasteiger partial charge in [0.05, 0.1) is 21.7 Å². The molecule has 1 unspecified atom stereocenters. The number of nitrogens with one attached hydrogen (secondary N) is 1. The summed E-state index contributed by atoms with van der Waals surface area (Å²) >= 11 is 1.35. The molecule has 134 valence electrons. The first kappa shape index (κ1) is 18.0.